The molecule has 0 aliphatic carbocycles. The Morgan fingerprint density at radius 1 is 1.00 bits per heavy atom. The zero-order valence-corrected chi connectivity index (χ0v) is 17.1. The van der Waals surface area contributed by atoms with E-state index in [0.717, 1.165) is 38.8 Å². The van der Waals surface area contributed by atoms with Gasteiger partial charge < -0.3 is 20.4 Å². The van der Waals surface area contributed by atoms with Crippen molar-refractivity contribution in [1.29, 1.82) is 0 Å². The van der Waals surface area contributed by atoms with Crippen molar-refractivity contribution >= 4 is 46.7 Å². The minimum atomic E-state index is -0.663. The summed E-state index contributed by atoms with van der Waals surface area (Å²) < 4.78 is 0. The Bertz CT molecular complexity index is 732. The van der Waals surface area contributed by atoms with Gasteiger partial charge in [-0.1, -0.05) is 23.2 Å². The lowest BCUT2D eigenvalue weighted by atomic mass is 10.1. The Morgan fingerprint density at radius 3 is 2.32 bits per heavy atom. The fourth-order valence-corrected chi connectivity index (χ4v) is 4.10. The molecule has 1 aromatic rings. The highest BCUT2D eigenvalue weighted by atomic mass is 35.5. The molecule has 2 heterocycles. The number of nitrogens with zero attached hydrogens (tertiary/aromatic N) is 2. The first-order chi connectivity index (χ1) is 13.4. The number of carbonyl (C=O) groups is 3. The first-order valence-electron chi connectivity index (χ1n) is 9.52. The number of nitrogens with one attached hydrogen (secondary N) is 2. The van der Waals surface area contributed by atoms with Gasteiger partial charge in [0.25, 0.3) is 0 Å². The summed E-state index contributed by atoms with van der Waals surface area (Å²) in [6.45, 7) is 2.12. The molecule has 4 amide bonds. The monoisotopic (exact) mass is 426 g/mol. The highest BCUT2D eigenvalue weighted by Gasteiger charge is 2.31. The normalized spacial score (nSPS) is 20.1. The molecule has 3 rings (SSSR count). The second kappa shape index (κ2) is 9.47. The Balaban J connectivity index is 1.59. The van der Waals surface area contributed by atoms with Gasteiger partial charge in [-0.05, 0) is 50.3 Å². The Labute approximate surface area is 174 Å². The lowest BCUT2D eigenvalue weighted by Gasteiger charge is -2.26. The molecule has 2 saturated heterocycles. The quantitative estimate of drug-likeness (QED) is 0.775. The van der Waals surface area contributed by atoms with Crippen LogP contribution >= 0.6 is 23.2 Å². The Hall–Kier alpha value is -1.99. The maximum absolute atomic E-state index is 12.9. The number of likely N-dealkylation sites (tertiary alicyclic amines) is 2. The lowest BCUT2D eigenvalue weighted by Crippen LogP contribution is -2.51. The number of amides is 4. The summed E-state index contributed by atoms with van der Waals surface area (Å²) in [6, 6.07) is 3.54. The van der Waals surface area contributed by atoms with Gasteiger partial charge in [0.05, 0.1) is 6.54 Å². The van der Waals surface area contributed by atoms with E-state index in [1.54, 1.807) is 28.0 Å². The molecule has 0 radical (unpaired) electrons. The van der Waals surface area contributed by atoms with E-state index in [4.69, 9.17) is 23.2 Å². The number of hydrogen-bond donors (Lipinski definition) is 2. The summed E-state index contributed by atoms with van der Waals surface area (Å²) in [5, 5.41) is 6.17. The molecule has 0 aromatic heterocycles. The first kappa shape index (κ1) is 20.7. The number of carbonyl (C=O) groups excluding carboxylic acids is 3. The van der Waals surface area contributed by atoms with Gasteiger partial charge >= 0.3 is 6.03 Å². The van der Waals surface area contributed by atoms with Gasteiger partial charge in [0.1, 0.15) is 6.04 Å². The standard InChI is InChI=1S/C19H24Cl2N4O3/c20-13-9-14(21)11-15(10-13)22-19(28)23-16-5-1-2-8-25(18(16)27)12-17(26)24-6-3-4-7-24/h9-11,16H,1-8,12H2,(H2,22,23,28)/t16-/m0/s1. The second-order valence-electron chi connectivity index (χ2n) is 7.15. The van der Waals surface area contributed by atoms with E-state index in [-0.39, 0.29) is 18.4 Å². The Kier molecular flexibility index (Phi) is 7.02. The van der Waals surface area contributed by atoms with Crippen LogP contribution < -0.4 is 10.6 Å². The van der Waals surface area contributed by atoms with Gasteiger partial charge in [0.15, 0.2) is 0 Å². The van der Waals surface area contributed by atoms with Crippen molar-refractivity contribution in [2.45, 2.75) is 38.1 Å². The first-order valence-corrected chi connectivity index (χ1v) is 10.3. The molecular formula is C19H24Cl2N4O3. The van der Waals surface area contributed by atoms with Crippen molar-refractivity contribution in [1.82, 2.24) is 15.1 Å². The van der Waals surface area contributed by atoms with E-state index in [9.17, 15) is 14.4 Å². The number of rotatable bonds is 4. The smallest absolute Gasteiger partial charge is 0.319 e. The molecule has 1 aromatic carbocycles. The molecule has 28 heavy (non-hydrogen) atoms. The van der Waals surface area contributed by atoms with Crippen LogP contribution in [0.15, 0.2) is 18.2 Å². The van der Waals surface area contributed by atoms with Gasteiger partial charge in [-0.15, -0.1) is 0 Å². The molecule has 152 valence electrons. The molecule has 0 bridgehead atoms. The van der Waals surface area contributed by atoms with Crippen molar-refractivity contribution < 1.29 is 14.4 Å². The summed E-state index contributed by atoms with van der Waals surface area (Å²) in [4.78, 5) is 41.0. The van der Waals surface area contributed by atoms with Crippen LogP contribution in [0, 0.1) is 0 Å². The zero-order valence-electron chi connectivity index (χ0n) is 15.5. The van der Waals surface area contributed by atoms with Crippen LogP contribution in [-0.4, -0.2) is 59.9 Å². The molecule has 2 N–H and O–H groups in total. The van der Waals surface area contributed by atoms with Crippen LogP contribution in [0.25, 0.3) is 0 Å². The SMILES string of the molecule is O=C(Nc1cc(Cl)cc(Cl)c1)N[C@H]1CCCCN(CC(=O)N2CCCC2)C1=O. The maximum Gasteiger partial charge on any atom is 0.319 e. The van der Waals surface area contributed by atoms with Crippen LogP contribution in [0.3, 0.4) is 0 Å². The van der Waals surface area contributed by atoms with Crippen molar-refractivity contribution in [3.63, 3.8) is 0 Å². The van der Waals surface area contributed by atoms with Crippen molar-refractivity contribution in [3.8, 4) is 0 Å². The molecule has 2 aliphatic rings. The highest BCUT2D eigenvalue weighted by molar-refractivity contribution is 6.35. The molecule has 2 fully saturated rings. The van der Waals surface area contributed by atoms with Crippen LogP contribution in [-0.2, 0) is 9.59 Å². The molecule has 0 spiro atoms. The summed E-state index contributed by atoms with van der Waals surface area (Å²) in [5.74, 6) is -0.242. The van der Waals surface area contributed by atoms with E-state index in [1.165, 1.54) is 0 Å². The van der Waals surface area contributed by atoms with Crippen LogP contribution in [0.2, 0.25) is 10.0 Å². The van der Waals surface area contributed by atoms with Crippen LogP contribution in [0.4, 0.5) is 10.5 Å². The fraction of sp³-hybridized carbons (Fsp3) is 0.526. The maximum atomic E-state index is 12.9. The Morgan fingerprint density at radius 2 is 1.64 bits per heavy atom. The van der Waals surface area contributed by atoms with Crippen molar-refractivity contribution in [3.05, 3.63) is 28.2 Å². The van der Waals surface area contributed by atoms with E-state index in [1.807, 2.05) is 0 Å². The molecular weight excluding hydrogens is 403 g/mol. The van der Waals surface area contributed by atoms with Crippen molar-refractivity contribution in [2.75, 3.05) is 31.5 Å². The predicted octanol–water partition coefficient (Wildman–Crippen LogP) is 3.12. The number of benzene rings is 1. The largest absolute Gasteiger partial charge is 0.341 e. The predicted molar refractivity (Wildman–Crippen MR) is 109 cm³/mol. The summed E-state index contributed by atoms with van der Waals surface area (Å²) in [6.07, 6.45) is 4.17. The van der Waals surface area contributed by atoms with Crippen LogP contribution in [0.5, 0.6) is 0 Å². The fourth-order valence-electron chi connectivity index (χ4n) is 3.58. The molecule has 9 heteroatoms. The number of urea groups is 1. The molecule has 0 saturated carbocycles. The number of anilines is 1. The summed E-state index contributed by atoms with van der Waals surface area (Å²) in [5.41, 5.74) is 0.442. The third kappa shape index (κ3) is 5.52. The van der Waals surface area contributed by atoms with E-state index >= 15 is 0 Å². The van der Waals surface area contributed by atoms with Gasteiger partial charge in [-0.25, -0.2) is 4.79 Å². The molecule has 7 nitrogen and oxygen atoms in total. The zero-order chi connectivity index (χ0) is 20.1. The van der Waals surface area contributed by atoms with Crippen molar-refractivity contribution in [2.24, 2.45) is 0 Å². The average molecular weight is 427 g/mol. The molecule has 1 atom stereocenters. The molecule has 2 aliphatic heterocycles. The van der Waals surface area contributed by atoms with E-state index < -0.39 is 12.1 Å². The highest BCUT2D eigenvalue weighted by Crippen LogP contribution is 2.22. The minimum Gasteiger partial charge on any atom is -0.341 e. The third-order valence-electron chi connectivity index (χ3n) is 4.99. The topological polar surface area (TPSA) is 81.8 Å². The third-order valence-corrected chi connectivity index (χ3v) is 5.43. The van der Waals surface area contributed by atoms with Gasteiger partial charge in [0.2, 0.25) is 11.8 Å². The molecule has 0 unspecified atom stereocenters. The summed E-state index contributed by atoms with van der Waals surface area (Å²) in [7, 11) is 0. The van der Waals surface area contributed by atoms with Gasteiger partial charge in [-0.2, -0.15) is 0 Å². The van der Waals surface area contributed by atoms with Gasteiger partial charge in [0, 0.05) is 35.4 Å². The van der Waals surface area contributed by atoms with E-state index in [2.05, 4.69) is 10.6 Å². The average Bonchev–Trinajstić information content (AvgIpc) is 3.11. The van der Waals surface area contributed by atoms with Gasteiger partial charge in [-0.3, -0.25) is 9.59 Å². The summed E-state index contributed by atoms with van der Waals surface area (Å²) >= 11 is 11.9. The second-order valence-corrected chi connectivity index (χ2v) is 8.03. The number of hydrogen-bond acceptors (Lipinski definition) is 3. The minimum absolute atomic E-state index is 0.0236. The lowest BCUT2D eigenvalue weighted by molar-refractivity contribution is -0.140. The van der Waals surface area contributed by atoms with Crippen LogP contribution in [0.1, 0.15) is 32.1 Å². The number of halogens is 2. The van der Waals surface area contributed by atoms with E-state index in [0.29, 0.717) is 28.7 Å².